The van der Waals surface area contributed by atoms with Gasteiger partial charge in [0.15, 0.2) is 5.11 Å². The van der Waals surface area contributed by atoms with Gasteiger partial charge < -0.3 is 20.1 Å². The molecule has 8 heteroatoms. The number of aryl methyl sites for hydroxylation is 1. The third-order valence-corrected chi connectivity index (χ3v) is 7.47. The van der Waals surface area contributed by atoms with Crippen LogP contribution in [0.25, 0.3) is 5.69 Å². The van der Waals surface area contributed by atoms with E-state index in [0.717, 1.165) is 39.2 Å². The second kappa shape index (κ2) is 11.3. The van der Waals surface area contributed by atoms with Crippen LogP contribution in [0.15, 0.2) is 95.7 Å². The largest absolute Gasteiger partial charge is 0.352 e. The van der Waals surface area contributed by atoms with Gasteiger partial charge in [0.05, 0.1) is 17.8 Å². The lowest BCUT2D eigenvalue weighted by Crippen LogP contribution is -2.33. The van der Waals surface area contributed by atoms with E-state index in [2.05, 4.69) is 72.3 Å². The number of nitrogens with one attached hydrogen (secondary N) is 2. The molecular weight excluding hydrogens is 546 g/mol. The number of hydrogen-bond donors (Lipinski definition) is 2. The number of pyridine rings is 1. The second-order valence-electron chi connectivity index (χ2n) is 8.91. The molecule has 0 saturated carbocycles. The molecule has 1 aliphatic rings. The van der Waals surface area contributed by atoms with Gasteiger partial charge in [0.1, 0.15) is 0 Å². The Balaban J connectivity index is 1.44. The van der Waals surface area contributed by atoms with Crippen molar-refractivity contribution >= 4 is 44.9 Å². The quantitative estimate of drug-likeness (QED) is 0.246. The first-order chi connectivity index (χ1) is 18.0. The highest BCUT2D eigenvalue weighted by molar-refractivity contribution is 9.10. The Morgan fingerprint density at radius 1 is 1.08 bits per heavy atom. The minimum atomic E-state index is -0.154. The van der Waals surface area contributed by atoms with Gasteiger partial charge in [0.2, 0.25) is 5.91 Å². The van der Waals surface area contributed by atoms with Crippen LogP contribution in [0.2, 0.25) is 0 Å². The van der Waals surface area contributed by atoms with Crippen LogP contribution in [-0.2, 0) is 11.2 Å². The number of carbonyl (C=O) groups excluding carboxylic acids is 1. The number of rotatable bonds is 8. The number of para-hydroxylation sites is 1. The molecule has 37 heavy (non-hydrogen) atoms. The molecule has 1 fully saturated rings. The SMILES string of the molecule is CCc1ccccc1NC(=O)CCN1C(=S)NC(c2ccccn2)C1c1cccn1-c1cccc(Br)c1. The van der Waals surface area contributed by atoms with E-state index in [4.69, 9.17) is 12.2 Å². The summed E-state index contributed by atoms with van der Waals surface area (Å²) in [4.78, 5) is 19.7. The standard InChI is InChI=1S/C29H28BrN5OS/c1-2-20-9-3-4-12-23(20)32-26(36)15-18-35-28(27(33-29(35)37)24-13-5-6-16-31-24)25-14-8-17-34(25)22-11-7-10-21(30)19-22/h3-14,16-17,19,27-28H,2,15,18H2,1H3,(H,32,36)(H,33,37). The number of amides is 1. The molecule has 6 nitrogen and oxygen atoms in total. The van der Waals surface area contributed by atoms with Gasteiger partial charge in [0, 0.05) is 46.9 Å². The van der Waals surface area contributed by atoms with Crippen LogP contribution in [0.1, 0.15) is 42.4 Å². The minimum Gasteiger partial charge on any atom is -0.352 e. The third kappa shape index (κ3) is 5.45. The Labute approximate surface area is 230 Å². The second-order valence-corrected chi connectivity index (χ2v) is 10.2. The molecule has 3 heterocycles. The van der Waals surface area contributed by atoms with Crippen LogP contribution in [0.3, 0.4) is 0 Å². The number of carbonyl (C=O) groups is 1. The molecule has 0 bridgehead atoms. The molecule has 2 unspecified atom stereocenters. The molecule has 5 rings (SSSR count). The minimum absolute atomic E-state index is 0.0360. The van der Waals surface area contributed by atoms with Crippen molar-refractivity contribution < 1.29 is 4.79 Å². The molecule has 0 spiro atoms. The fourth-order valence-electron chi connectivity index (χ4n) is 4.85. The summed E-state index contributed by atoms with van der Waals surface area (Å²) < 4.78 is 3.18. The lowest BCUT2D eigenvalue weighted by Gasteiger charge is -2.29. The van der Waals surface area contributed by atoms with Crippen molar-refractivity contribution in [3.63, 3.8) is 0 Å². The Kier molecular flexibility index (Phi) is 7.67. The average molecular weight is 575 g/mol. The summed E-state index contributed by atoms with van der Waals surface area (Å²) in [6.45, 7) is 2.56. The smallest absolute Gasteiger partial charge is 0.226 e. The summed E-state index contributed by atoms with van der Waals surface area (Å²) in [6, 6.07) is 25.9. The molecule has 2 aromatic heterocycles. The van der Waals surface area contributed by atoms with Gasteiger partial charge in [-0.2, -0.15) is 0 Å². The maximum Gasteiger partial charge on any atom is 0.226 e. The Bertz CT molecular complexity index is 1410. The number of aromatic nitrogens is 2. The summed E-state index contributed by atoms with van der Waals surface area (Å²) in [5.74, 6) is -0.0360. The normalized spacial score (nSPS) is 17.0. The van der Waals surface area contributed by atoms with Gasteiger partial charge in [-0.05, 0) is 72.7 Å². The monoisotopic (exact) mass is 573 g/mol. The predicted molar refractivity (Wildman–Crippen MR) is 155 cm³/mol. The lowest BCUT2D eigenvalue weighted by molar-refractivity contribution is -0.116. The Morgan fingerprint density at radius 3 is 2.70 bits per heavy atom. The lowest BCUT2D eigenvalue weighted by atomic mass is 10.0. The molecule has 2 atom stereocenters. The maximum absolute atomic E-state index is 13.0. The highest BCUT2D eigenvalue weighted by Gasteiger charge is 2.41. The molecule has 2 aromatic carbocycles. The van der Waals surface area contributed by atoms with Gasteiger partial charge in [0.25, 0.3) is 0 Å². The van der Waals surface area contributed by atoms with Crippen molar-refractivity contribution in [3.8, 4) is 5.69 Å². The zero-order valence-corrected chi connectivity index (χ0v) is 22.9. The van der Waals surface area contributed by atoms with E-state index in [0.29, 0.717) is 18.1 Å². The maximum atomic E-state index is 13.0. The first kappa shape index (κ1) is 25.2. The fraction of sp³-hybridized carbons (Fsp3) is 0.207. The van der Waals surface area contributed by atoms with Crippen LogP contribution in [0.4, 0.5) is 5.69 Å². The van der Waals surface area contributed by atoms with Crippen molar-refractivity contribution in [1.82, 2.24) is 19.8 Å². The van der Waals surface area contributed by atoms with Crippen molar-refractivity contribution in [1.29, 1.82) is 0 Å². The van der Waals surface area contributed by atoms with E-state index in [1.165, 1.54) is 0 Å². The van der Waals surface area contributed by atoms with Crippen LogP contribution >= 0.6 is 28.1 Å². The molecule has 1 amide bonds. The first-order valence-electron chi connectivity index (χ1n) is 12.3. The van der Waals surface area contributed by atoms with Gasteiger partial charge in [-0.3, -0.25) is 9.78 Å². The molecule has 0 aliphatic carbocycles. The summed E-state index contributed by atoms with van der Waals surface area (Å²) in [6.07, 6.45) is 5.02. The van der Waals surface area contributed by atoms with Crippen LogP contribution < -0.4 is 10.6 Å². The van der Waals surface area contributed by atoms with E-state index in [9.17, 15) is 4.79 Å². The van der Waals surface area contributed by atoms with Gasteiger partial charge in [-0.25, -0.2) is 0 Å². The number of benzene rings is 2. The van der Waals surface area contributed by atoms with E-state index >= 15 is 0 Å². The van der Waals surface area contributed by atoms with E-state index in [1.54, 1.807) is 6.20 Å². The van der Waals surface area contributed by atoms with Crippen molar-refractivity contribution in [2.75, 3.05) is 11.9 Å². The van der Waals surface area contributed by atoms with Crippen molar-refractivity contribution in [2.45, 2.75) is 31.8 Å². The number of halogens is 1. The van der Waals surface area contributed by atoms with Crippen LogP contribution in [0, 0.1) is 0 Å². The zero-order chi connectivity index (χ0) is 25.8. The van der Waals surface area contributed by atoms with E-state index in [1.807, 2.05) is 60.7 Å². The van der Waals surface area contributed by atoms with Crippen molar-refractivity contribution in [2.24, 2.45) is 0 Å². The molecule has 1 aliphatic heterocycles. The number of nitrogens with zero attached hydrogens (tertiary/aromatic N) is 3. The van der Waals surface area contributed by atoms with Gasteiger partial charge >= 0.3 is 0 Å². The summed E-state index contributed by atoms with van der Waals surface area (Å²) in [7, 11) is 0. The molecule has 4 aromatic rings. The third-order valence-electron chi connectivity index (χ3n) is 6.62. The van der Waals surface area contributed by atoms with E-state index < -0.39 is 0 Å². The molecule has 1 saturated heterocycles. The molecule has 188 valence electrons. The number of thiocarbonyl (C=S) groups is 1. The van der Waals surface area contributed by atoms with Crippen molar-refractivity contribution in [3.05, 3.63) is 113 Å². The zero-order valence-electron chi connectivity index (χ0n) is 20.5. The highest BCUT2D eigenvalue weighted by Crippen LogP contribution is 2.39. The van der Waals surface area contributed by atoms with Gasteiger partial charge in [-0.15, -0.1) is 0 Å². The van der Waals surface area contributed by atoms with Crippen LogP contribution in [0.5, 0.6) is 0 Å². The summed E-state index contributed by atoms with van der Waals surface area (Å²) in [5, 5.41) is 7.18. The Hall–Kier alpha value is -3.49. The van der Waals surface area contributed by atoms with Crippen LogP contribution in [-0.4, -0.2) is 32.0 Å². The number of hydrogen-bond acceptors (Lipinski definition) is 3. The van der Waals surface area contributed by atoms with E-state index in [-0.39, 0.29) is 18.0 Å². The summed E-state index contributed by atoms with van der Waals surface area (Å²) >= 11 is 9.40. The summed E-state index contributed by atoms with van der Waals surface area (Å²) in [5.41, 5.74) is 5.00. The fourth-order valence-corrected chi connectivity index (χ4v) is 5.57. The molecular formula is C29H28BrN5OS. The Morgan fingerprint density at radius 2 is 1.92 bits per heavy atom. The topological polar surface area (TPSA) is 62.2 Å². The first-order valence-corrected chi connectivity index (χ1v) is 13.5. The molecule has 0 radical (unpaired) electrons. The highest BCUT2D eigenvalue weighted by atomic mass is 79.9. The predicted octanol–water partition coefficient (Wildman–Crippen LogP) is 6.20. The molecule has 2 N–H and O–H groups in total. The average Bonchev–Trinajstić information content (AvgIpc) is 3.52. The van der Waals surface area contributed by atoms with Gasteiger partial charge in [-0.1, -0.05) is 53.2 Å². The number of anilines is 1.